The van der Waals surface area contributed by atoms with Crippen molar-refractivity contribution in [1.29, 1.82) is 0 Å². The van der Waals surface area contributed by atoms with E-state index in [4.69, 9.17) is 9.97 Å². The standard InChI is InChI=1S/C36H26N6/c1-5-17-37-29(9-1)33-21-27(22-34(41-33)30-10-2-6-18-38-30)25-13-15-26(16-14-25)28-23-35(31-11-3-7-19-39-31)42-36(24-28)32-12-4-8-20-40-32/h1-24,29,37H. The number of rotatable bonds is 6. The van der Waals surface area contributed by atoms with Crippen LogP contribution in [-0.2, 0) is 0 Å². The first-order valence-electron chi connectivity index (χ1n) is 13.8. The SMILES string of the molecule is C1=CNC(c2cc(-c3ccc(-c4cc(-c5ccccn5)nc(-c5ccccn5)c4)cc3)cc(-c3ccccn3)n2)C=C1. The predicted molar refractivity (Wildman–Crippen MR) is 167 cm³/mol. The van der Waals surface area contributed by atoms with Gasteiger partial charge >= 0.3 is 0 Å². The maximum absolute atomic E-state index is 4.97. The van der Waals surface area contributed by atoms with Crippen molar-refractivity contribution >= 4 is 0 Å². The highest BCUT2D eigenvalue weighted by Crippen LogP contribution is 2.32. The summed E-state index contributed by atoms with van der Waals surface area (Å²) in [6, 6.07) is 34.6. The Hall–Kier alpha value is -5.75. The molecule has 6 aromatic rings. The molecule has 0 amide bonds. The van der Waals surface area contributed by atoms with E-state index in [-0.39, 0.29) is 6.04 Å². The van der Waals surface area contributed by atoms with E-state index in [9.17, 15) is 0 Å². The van der Waals surface area contributed by atoms with Crippen LogP contribution in [0.4, 0.5) is 0 Å². The molecule has 0 bridgehead atoms. The molecule has 42 heavy (non-hydrogen) atoms. The van der Waals surface area contributed by atoms with E-state index in [1.54, 1.807) is 18.6 Å². The van der Waals surface area contributed by atoms with Crippen LogP contribution in [0.3, 0.4) is 0 Å². The summed E-state index contributed by atoms with van der Waals surface area (Å²) in [7, 11) is 0. The molecule has 6 nitrogen and oxygen atoms in total. The highest BCUT2D eigenvalue weighted by molar-refractivity contribution is 5.77. The zero-order chi connectivity index (χ0) is 28.1. The number of hydrogen-bond acceptors (Lipinski definition) is 6. The van der Waals surface area contributed by atoms with Crippen molar-refractivity contribution in [2.45, 2.75) is 6.04 Å². The minimum Gasteiger partial charge on any atom is -0.379 e. The normalized spacial score (nSPS) is 14.0. The van der Waals surface area contributed by atoms with Crippen molar-refractivity contribution in [3.8, 4) is 56.4 Å². The number of benzene rings is 1. The number of dihydropyridines is 1. The van der Waals surface area contributed by atoms with Gasteiger partial charge in [-0.2, -0.15) is 0 Å². The lowest BCUT2D eigenvalue weighted by Gasteiger charge is -2.18. The van der Waals surface area contributed by atoms with Gasteiger partial charge in [-0.05, 0) is 95.2 Å². The molecule has 1 atom stereocenters. The first kappa shape index (κ1) is 25.2. The van der Waals surface area contributed by atoms with E-state index >= 15 is 0 Å². The fraction of sp³-hybridized carbons (Fsp3) is 0.0278. The van der Waals surface area contributed by atoms with Crippen LogP contribution in [0.5, 0.6) is 0 Å². The number of pyridine rings is 5. The van der Waals surface area contributed by atoms with Gasteiger partial charge in [0, 0.05) is 18.6 Å². The molecule has 5 aromatic heterocycles. The number of allylic oxidation sites excluding steroid dienone is 2. The van der Waals surface area contributed by atoms with Crippen molar-refractivity contribution in [2.24, 2.45) is 0 Å². The Morgan fingerprint density at radius 1 is 0.452 bits per heavy atom. The van der Waals surface area contributed by atoms with Crippen LogP contribution in [0.1, 0.15) is 11.7 Å². The lowest BCUT2D eigenvalue weighted by atomic mass is 9.97. The summed E-state index contributed by atoms with van der Waals surface area (Å²) >= 11 is 0. The molecule has 6 heterocycles. The lowest BCUT2D eigenvalue weighted by molar-refractivity contribution is 0.722. The molecule has 7 rings (SSSR count). The second-order valence-corrected chi connectivity index (χ2v) is 9.90. The molecule has 0 saturated carbocycles. The maximum Gasteiger partial charge on any atom is 0.0900 e. The first-order chi connectivity index (χ1) is 20.8. The van der Waals surface area contributed by atoms with Gasteiger partial charge in [-0.3, -0.25) is 15.0 Å². The molecule has 0 saturated heterocycles. The highest BCUT2D eigenvalue weighted by atomic mass is 14.9. The van der Waals surface area contributed by atoms with Crippen LogP contribution in [0.15, 0.2) is 146 Å². The number of hydrogen-bond donors (Lipinski definition) is 1. The summed E-state index contributed by atoms with van der Waals surface area (Å²) < 4.78 is 0. The Balaban J connectivity index is 1.29. The molecule has 0 fully saturated rings. The highest BCUT2D eigenvalue weighted by Gasteiger charge is 2.15. The minimum absolute atomic E-state index is 0.0106. The Bertz CT molecular complexity index is 1830. The second kappa shape index (κ2) is 11.4. The molecule has 0 aliphatic carbocycles. The third-order valence-corrected chi connectivity index (χ3v) is 7.11. The molecule has 1 N–H and O–H groups in total. The molecular formula is C36H26N6. The van der Waals surface area contributed by atoms with E-state index < -0.39 is 0 Å². The van der Waals surface area contributed by atoms with Crippen molar-refractivity contribution in [2.75, 3.05) is 0 Å². The van der Waals surface area contributed by atoms with Gasteiger partial charge < -0.3 is 5.32 Å². The topological polar surface area (TPSA) is 76.5 Å². The van der Waals surface area contributed by atoms with E-state index in [0.717, 1.165) is 62.1 Å². The molecule has 6 heteroatoms. The molecule has 1 aliphatic rings. The summed E-state index contributed by atoms with van der Waals surface area (Å²) in [5, 5.41) is 3.39. The minimum atomic E-state index is -0.0106. The lowest BCUT2D eigenvalue weighted by Crippen LogP contribution is -2.16. The van der Waals surface area contributed by atoms with Gasteiger partial charge in [0.1, 0.15) is 0 Å². The van der Waals surface area contributed by atoms with Crippen LogP contribution in [0.25, 0.3) is 56.4 Å². The Morgan fingerprint density at radius 3 is 1.40 bits per heavy atom. The monoisotopic (exact) mass is 542 g/mol. The van der Waals surface area contributed by atoms with Gasteiger partial charge in [0.15, 0.2) is 0 Å². The molecule has 1 aliphatic heterocycles. The molecule has 0 radical (unpaired) electrons. The summed E-state index contributed by atoms with van der Waals surface area (Å²) in [4.78, 5) is 23.5. The fourth-order valence-corrected chi connectivity index (χ4v) is 5.00. The van der Waals surface area contributed by atoms with Crippen molar-refractivity contribution in [3.05, 3.63) is 152 Å². The van der Waals surface area contributed by atoms with E-state index in [1.807, 2.05) is 72.9 Å². The molecule has 1 unspecified atom stereocenters. The van der Waals surface area contributed by atoms with Gasteiger partial charge in [0.25, 0.3) is 0 Å². The molecule has 0 spiro atoms. The third-order valence-electron chi connectivity index (χ3n) is 7.11. The number of aromatic nitrogens is 5. The quantitative estimate of drug-likeness (QED) is 0.232. The summed E-state index contributed by atoms with van der Waals surface area (Å²) in [5.74, 6) is 0. The zero-order valence-corrected chi connectivity index (χ0v) is 22.7. The van der Waals surface area contributed by atoms with Crippen LogP contribution >= 0.6 is 0 Å². The fourth-order valence-electron chi connectivity index (χ4n) is 5.00. The van der Waals surface area contributed by atoms with E-state index in [0.29, 0.717) is 0 Å². The summed E-state index contributed by atoms with van der Waals surface area (Å²) in [6.45, 7) is 0. The zero-order valence-electron chi connectivity index (χ0n) is 22.7. The van der Waals surface area contributed by atoms with Gasteiger partial charge in [0.05, 0.1) is 45.9 Å². The number of nitrogens with zero attached hydrogens (tertiary/aromatic N) is 5. The van der Waals surface area contributed by atoms with Gasteiger partial charge in [-0.25, -0.2) is 9.97 Å². The summed E-state index contributed by atoms with van der Waals surface area (Å²) in [6.07, 6.45) is 13.5. The summed E-state index contributed by atoms with van der Waals surface area (Å²) in [5.41, 5.74) is 10.2. The van der Waals surface area contributed by atoms with Crippen molar-refractivity contribution in [1.82, 2.24) is 30.2 Å². The van der Waals surface area contributed by atoms with Crippen LogP contribution < -0.4 is 5.32 Å². The Morgan fingerprint density at radius 2 is 0.952 bits per heavy atom. The Labute approximate surface area is 244 Å². The molecule has 1 aromatic carbocycles. The number of nitrogens with one attached hydrogen (secondary N) is 1. The maximum atomic E-state index is 4.97. The van der Waals surface area contributed by atoms with Gasteiger partial charge in [-0.1, -0.05) is 54.6 Å². The molecular weight excluding hydrogens is 516 g/mol. The van der Waals surface area contributed by atoms with Gasteiger partial charge in [0.2, 0.25) is 0 Å². The average molecular weight is 543 g/mol. The van der Waals surface area contributed by atoms with E-state index in [1.165, 1.54) is 0 Å². The smallest absolute Gasteiger partial charge is 0.0900 e. The Kier molecular flexibility index (Phi) is 6.84. The third kappa shape index (κ3) is 5.33. The van der Waals surface area contributed by atoms with Crippen molar-refractivity contribution in [3.63, 3.8) is 0 Å². The van der Waals surface area contributed by atoms with Crippen LogP contribution in [-0.4, -0.2) is 24.9 Å². The van der Waals surface area contributed by atoms with Crippen LogP contribution in [0.2, 0.25) is 0 Å². The first-order valence-corrected chi connectivity index (χ1v) is 13.8. The largest absolute Gasteiger partial charge is 0.379 e. The second-order valence-electron chi connectivity index (χ2n) is 9.90. The average Bonchev–Trinajstić information content (AvgIpc) is 3.09. The van der Waals surface area contributed by atoms with Crippen LogP contribution in [0, 0.1) is 0 Å². The molecule has 200 valence electrons. The predicted octanol–water partition coefficient (Wildman–Crippen LogP) is 7.71. The van der Waals surface area contributed by atoms with Gasteiger partial charge in [-0.15, -0.1) is 0 Å². The van der Waals surface area contributed by atoms with E-state index in [2.05, 4.69) is 74.9 Å². The van der Waals surface area contributed by atoms with Crippen molar-refractivity contribution < 1.29 is 0 Å².